The number of rotatable bonds is 4. The monoisotopic (exact) mass is 360 g/mol. The van der Waals surface area contributed by atoms with Crippen LogP contribution in [0.2, 0.25) is 0 Å². The van der Waals surface area contributed by atoms with Gasteiger partial charge in [0, 0.05) is 50.9 Å². The SMILES string of the molecule is COc1cccc(C(=O)N2CCC(N(C(C)=O)C3CCOCC3)CC2)c1. The summed E-state index contributed by atoms with van der Waals surface area (Å²) >= 11 is 0. The molecule has 0 aromatic heterocycles. The Morgan fingerprint density at radius 3 is 2.38 bits per heavy atom. The summed E-state index contributed by atoms with van der Waals surface area (Å²) in [5.74, 6) is 0.852. The molecule has 1 aromatic rings. The standard InChI is InChI=1S/C20H28N2O4/c1-15(23)22(18-8-12-26-13-9-18)17-6-10-21(11-7-17)20(24)16-4-3-5-19(14-16)25-2/h3-5,14,17-18H,6-13H2,1-2H3. The number of nitrogens with zero attached hydrogens (tertiary/aromatic N) is 2. The van der Waals surface area contributed by atoms with Gasteiger partial charge in [-0.2, -0.15) is 0 Å². The number of piperidine rings is 1. The van der Waals surface area contributed by atoms with Crippen LogP contribution in [0.4, 0.5) is 0 Å². The van der Waals surface area contributed by atoms with E-state index in [9.17, 15) is 9.59 Å². The van der Waals surface area contributed by atoms with Crippen molar-refractivity contribution in [1.82, 2.24) is 9.80 Å². The molecule has 0 unspecified atom stereocenters. The molecular weight excluding hydrogens is 332 g/mol. The molecule has 0 saturated carbocycles. The second-order valence-electron chi connectivity index (χ2n) is 7.03. The van der Waals surface area contributed by atoms with E-state index in [4.69, 9.17) is 9.47 Å². The molecule has 2 heterocycles. The third-order valence-corrected chi connectivity index (χ3v) is 5.41. The highest BCUT2D eigenvalue weighted by atomic mass is 16.5. The number of benzene rings is 1. The molecule has 0 aliphatic carbocycles. The van der Waals surface area contributed by atoms with Crippen LogP contribution >= 0.6 is 0 Å². The molecule has 26 heavy (non-hydrogen) atoms. The van der Waals surface area contributed by atoms with Crippen LogP contribution in [0.15, 0.2) is 24.3 Å². The van der Waals surface area contributed by atoms with Gasteiger partial charge in [0.2, 0.25) is 5.91 Å². The van der Waals surface area contributed by atoms with Crippen molar-refractivity contribution < 1.29 is 19.1 Å². The summed E-state index contributed by atoms with van der Waals surface area (Å²) in [6.07, 6.45) is 3.46. The van der Waals surface area contributed by atoms with Gasteiger partial charge in [-0.3, -0.25) is 9.59 Å². The first-order chi connectivity index (χ1) is 12.6. The largest absolute Gasteiger partial charge is 0.497 e. The van der Waals surface area contributed by atoms with Crippen LogP contribution in [-0.4, -0.2) is 67.1 Å². The van der Waals surface area contributed by atoms with Gasteiger partial charge in [0.1, 0.15) is 5.75 Å². The lowest BCUT2D eigenvalue weighted by molar-refractivity contribution is -0.137. The van der Waals surface area contributed by atoms with E-state index in [1.54, 1.807) is 20.1 Å². The summed E-state index contributed by atoms with van der Waals surface area (Å²) in [6.45, 7) is 4.45. The van der Waals surface area contributed by atoms with Crippen LogP contribution in [0, 0.1) is 0 Å². The van der Waals surface area contributed by atoms with Crippen molar-refractivity contribution in [3.05, 3.63) is 29.8 Å². The van der Waals surface area contributed by atoms with Crippen LogP contribution in [0.1, 0.15) is 43.0 Å². The summed E-state index contributed by atoms with van der Waals surface area (Å²) in [4.78, 5) is 28.9. The van der Waals surface area contributed by atoms with Crippen molar-refractivity contribution in [2.24, 2.45) is 0 Å². The molecule has 2 aliphatic rings. The highest BCUT2D eigenvalue weighted by Crippen LogP contribution is 2.25. The number of carbonyl (C=O) groups excluding carboxylic acids is 2. The number of likely N-dealkylation sites (tertiary alicyclic amines) is 1. The molecule has 2 amide bonds. The fourth-order valence-corrected chi connectivity index (χ4v) is 4.06. The molecule has 0 N–H and O–H groups in total. The zero-order chi connectivity index (χ0) is 18.5. The van der Waals surface area contributed by atoms with Crippen molar-refractivity contribution in [2.45, 2.75) is 44.7 Å². The minimum absolute atomic E-state index is 0.0304. The van der Waals surface area contributed by atoms with Gasteiger partial charge >= 0.3 is 0 Å². The van der Waals surface area contributed by atoms with E-state index in [1.165, 1.54) is 0 Å². The lowest BCUT2D eigenvalue weighted by Gasteiger charge is -2.43. The van der Waals surface area contributed by atoms with Gasteiger partial charge < -0.3 is 19.3 Å². The Hall–Kier alpha value is -2.08. The molecule has 2 saturated heterocycles. The lowest BCUT2D eigenvalue weighted by atomic mass is 9.97. The second-order valence-corrected chi connectivity index (χ2v) is 7.03. The average Bonchev–Trinajstić information content (AvgIpc) is 2.69. The summed E-state index contributed by atoms with van der Waals surface area (Å²) in [6, 6.07) is 7.75. The minimum Gasteiger partial charge on any atom is -0.497 e. The van der Waals surface area contributed by atoms with Crippen molar-refractivity contribution >= 4 is 11.8 Å². The van der Waals surface area contributed by atoms with Gasteiger partial charge in [0.25, 0.3) is 5.91 Å². The summed E-state index contributed by atoms with van der Waals surface area (Å²) in [5.41, 5.74) is 0.649. The third-order valence-electron chi connectivity index (χ3n) is 5.41. The molecule has 6 nitrogen and oxygen atoms in total. The quantitative estimate of drug-likeness (QED) is 0.827. The van der Waals surface area contributed by atoms with E-state index in [2.05, 4.69) is 4.90 Å². The fourth-order valence-electron chi connectivity index (χ4n) is 4.06. The van der Waals surface area contributed by atoms with Crippen LogP contribution in [-0.2, 0) is 9.53 Å². The predicted molar refractivity (Wildman–Crippen MR) is 98.3 cm³/mol. The van der Waals surface area contributed by atoms with E-state index < -0.39 is 0 Å². The molecule has 2 fully saturated rings. The summed E-state index contributed by atoms with van der Waals surface area (Å²) < 4.78 is 10.6. The second kappa shape index (κ2) is 8.54. The molecule has 0 spiro atoms. The van der Waals surface area contributed by atoms with Crippen molar-refractivity contribution in [3.63, 3.8) is 0 Å². The third kappa shape index (κ3) is 4.18. The average molecular weight is 360 g/mol. The number of hydrogen-bond donors (Lipinski definition) is 0. The Labute approximate surface area is 155 Å². The summed E-state index contributed by atoms with van der Waals surface area (Å²) in [7, 11) is 1.60. The highest BCUT2D eigenvalue weighted by molar-refractivity contribution is 5.94. The van der Waals surface area contributed by atoms with E-state index >= 15 is 0 Å². The van der Waals surface area contributed by atoms with Gasteiger partial charge in [0.05, 0.1) is 7.11 Å². The highest BCUT2D eigenvalue weighted by Gasteiger charge is 2.33. The molecule has 1 aromatic carbocycles. The van der Waals surface area contributed by atoms with Gasteiger partial charge in [-0.15, -0.1) is 0 Å². The number of hydrogen-bond acceptors (Lipinski definition) is 4. The zero-order valence-corrected chi connectivity index (χ0v) is 15.6. The molecule has 6 heteroatoms. The lowest BCUT2D eigenvalue weighted by Crippen LogP contribution is -2.53. The molecule has 0 bridgehead atoms. The first-order valence-corrected chi connectivity index (χ1v) is 9.40. The van der Waals surface area contributed by atoms with E-state index in [1.807, 2.05) is 23.1 Å². The number of amides is 2. The predicted octanol–water partition coefficient (Wildman–Crippen LogP) is 2.33. The van der Waals surface area contributed by atoms with Crippen LogP contribution < -0.4 is 4.74 Å². The first kappa shape index (κ1) is 18.7. The van der Waals surface area contributed by atoms with Gasteiger partial charge in [0.15, 0.2) is 0 Å². The van der Waals surface area contributed by atoms with Crippen molar-refractivity contribution in [2.75, 3.05) is 33.4 Å². The Balaban J connectivity index is 1.62. The molecule has 3 rings (SSSR count). The van der Waals surface area contributed by atoms with Gasteiger partial charge in [-0.05, 0) is 43.9 Å². The number of methoxy groups -OCH3 is 1. The van der Waals surface area contributed by atoms with Gasteiger partial charge in [-0.25, -0.2) is 0 Å². The van der Waals surface area contributed by atoms with Crippen molar-refractivity contribution in [3.8, 4) is 5.75 Å². The Kier molecular flexibility index (Phi) is 6.14. The van der Waals surface area contributed by atoms with Crippen LogP contribution in [0.5, 0.6) is 5.75 Å². The Morgan fingerprint density at radius 1 is 1.12 bits per heavy atom. The Bertz CT molecular complexity index is 634. The van der Waals surface area contributed by atoms with Crippen LogP contribution in [0.3, 0.4) is 0 Å². The zero-order valence-electron chi connectivity index (χ0n) is 15.6. The van der Waals surface area contributed by atoms with E-state index in [0.29, 0.717) is 24.4 Å². The maximum Gasteiger partial charge on any atom is 0.253 e. The molecule has 142 valence electrons. The minimum atomic E-state index is 0.0304. The number of carbonyl (C=O) groups is 2. The van der Waals surface area contributed by atoms with E-state index in [0.717, 1.165) is 38.9 Å². The van der Waals surface area contributed by atoms with Crippen LogP contribution in [0.25, 0.3) is 0 Å². The molecular formula is C20H28N2O4. The Morgan fingerprint density at radius 2 is 1.77 bits per heavy atom. The maximum absolute atomic E-state index is 12.8. The molecule has 2 aliphatic heterocycles. The van der Waals surface area contributed by atoms with E-state index in [-0.39, 0.29) is 23.9 Å². The first-order valence-electron chi connectivity index (χ1n) is 9.40. The molecule has 0 radical (unpaired) electrons. The maximum atomic E-state index is 12.8. The molecule has 0 atom stereocenters. The van der Waals surface area contributed by atoms with Gasteiger partial charge in [-0.1, -0.05) is 6.07 Å². The number of ether oxygens (including phenoxy) is 2. The summed E-state index contributed by atoms with van der Waals surface area (Å²) in [5, 5.41) is 0. The fraction of sp³-hybridized carbons (Fsp3) is 0.600. The normalized spacial score (nSPS) is 19.2. The topological polar surface area (TPSA) is 59.1 Å². The smallest absolute Gasteiger partial charge is 0.253 e. The van der Waals surface area contributed by atoms with Crippen molar-refractivity contribution in [1.29, 1.82) is 0 Å².